The maximum absolute atomic E-state index is 12.6. The Morgan fingerprint density at radius 1 is 1.28 bits per heavy atom. The molecule has 2 atom stereocenters. The van der Waals surface area contributed by atoms with Crippen LogP contribution in [0, 0.1) is 6.92 Å². The summed E-state index contributed by atoms with van der Waals surface area (Å²) in [6.07, 6.45) is -0.812. The number of fused-ring (bicyclic) bond motifs is 1. The minimum Gasteiger partial charge on any atom is -0.457 e. The van der Waals surface area contributed by atoms with Crippen LogP contribution in [0.2, 0.25) is 0 Å². The number of nitrogens with zero attached hydrogens (tertiary/aromatic N) is 1. The minimum absolute atomic E-state index is 0.233. The highest BCUT2D eigenvalue weighted by Crippen LogP contribution is 2.36. The second-order valence-corrected chi connectivity index (χ2v) is 8.40. The Kier molecular flexibility index (Phi) is 5.73. The lowest BCUT2D eigenvalue weighted by molar-refractivity contribution is -0.000439. The van der Waals surface area contributed by atoms with Crippen LogP contribution in [-0.4, -0.2) is 54.9 Å². The Hall–Kier alpha value is -2.77. The fraction of sp³-hybridized carbons (Fsp3) is 0.571. The van der Waals surface area contributed by atoms with Gasteiger partial charge in [0.2, 0.25) is 0 Å². The Balaban J connectivity index is 1.91. The molecule has 3 rings (SSSR count). The summed E-state index contributed by atoms with van der Waals surface area (Å²) >= 11 is 0. The highest BCUT2D eigenvalue weighted by atomic mass is 16.6. The Morgan fingerprint density at radius 2 is 2.00 bits per heavy atom. The maximum atomic E-state index is 12.6. The number of amides is 2. The van der Waals surface area contributed by atoms with E-state index in [1.165, 1.54) is 7.05 Å². The largest absolute Gasteiger partial charge is 0.457 e. The summed E-state index contributed by atoms with van der Waals surface area (Å²) in [5, 5.41) is 2.48. The maximum Gasteiger partial charge on any atom is 0.410 e. The molecule has 1 aromatic carbocycles. The van der Waals surface area contributed by atoms with Gasteiger partial charge in [-0.15, -0.1) is 0 Å². The molecule has 8 heteroatoms. The van der Waals surface area contributed by atoms with Crippen LogP contribution >= 0.6 is 0 Å². The van der Waals surface area contributed by atoms with E-state index in [0.717, 1.165) is 16.7 Å². The van der Waals surface area contributed by atoms with E-state index >= 15 is 0 Å². The molecule has 2 amide bonds. The molecule has 2 aliphatic rings. The second kappa shape index (κ2) is 7.93. The van der Waals surface area contributed by atoms with Crippen LogP contribution in [0.25, 0.3) is 0 Å². The number of hydrogen-bond donors (Lipinski definition) is 1. The molecule has 1 fully saturated rings. The molecule has 0 aromatic heterocycles. The molecule has 1 N–H and O–H groups in total. The van der Waals surface area contributed by atoms with Gasteiger partial charge in [-0.1, -0.05) is 6.07 Å². The van der Waals surface area contributed by atoms with Crippen molar-refractivity contribution in [2.24, 2.45) is 0 Å². The number of carbonyl (C=O) groups is 3. The van der Waals surface area contributed by atoms with Crippen molar-refractivity contribution in [1.29, 1.82) is 0 Å². The molecule has 8 nitrogen and oxygen atoms in total. The number of carbonyl (C=O) groups excluding carboxylic acids is 3. The van der Waals surface area contributed by atoms with Gasteiger partial charge < -0.3 is 24.4 Å². The SMILES string of the molecule is CNC(=O)OC1CCN(C(=O)OC(C)(C)C)CC1c1ccc2c(c1C)COC2=O. The molecule has 2 unspecified atom stereocenters. The molecular weight excluding hydrogens is 376 g/mol. The van der Waals surface area contributed by atoms with Crippen molar-refractivity contribution >= 4 is 18.2 Å². The number of alkyl carbamates (subject to hydrolysis) is 1. The quantitative estimate of drug-likeness (QED) is 0.601. The monoisotopic (exact) mass is 404 g/mol. The Morgan fingerprint density at radius 3 is 2.66 bits per heavy atom. The second-order valence-electron chi connectivity index (χ2n) is 8.40. The first-order valence-corrected chi connectivity index (χ1v) is 9.76. The van der Waals surface area contributed by atoms with Crippen LogP contribution < -0.4 is 5.32 Å². The van der Waals surface area contributed by atoms with Gasteiger partial charge in [0.05, 0.1) is 5.56 Å². The first kappa shape index (κ1) is 21.0. The van der Waals surface area contributed by atoms with E-state index < -0.39 is 23.9 Å². The summed E-state index contributed by atoms with van der Waals surface area (Å²) in [4.78, 5) is 38.0. The van der Waals surface area contributed by atoms with Crippen LogP contribution in [0.1, 0.15) is 60.2 Å². The van der Waals surface area contributed by atoms with Crippen LogP contribution in [-0.2, 0) is 20.8 Å². The number of esters is 1. The predicted molar refractivity (Wildman–Crippen MR) is 105 cm³/mol. The van der Waals surface area contributed by atoms with Crippen molar-refractivity contribution in [3.8, 4) is 0 Å². The zero-order valence-electron chi connectivity index (χ0n) is 17.5. The lowest BCUT2D eigenvalue weighted by Gasteiger charge is -2.39. The third-order valence-corrected chi connectivity index (χ3v) is 5.27. The van der Waals surface area contributed by atoms with E-state index in [4.69, 9.17) is 14.2 Å². The van der Waals surface area contributed by atoms with Crippen LogP contribution in [0.4, 0.5) is 9.59 Å². The highest BCUT2D eigenvalue weighted by Gasteiger charge is 2.38. The summed E-state index contributed by atoms with van der Waals surface area (Å²) < 4.78 is 16.3. The summed E-state index contributed by atoms with van der Waals surface area (Å²) in [5.74, 6) is -0.568. The molecule has 29 heavy (non-hydrogen) atoms. The average molecular weight is 404 g/mol. The molecule has 0 bridgehead atoms. The van der Waals surface area contributed by atoms with Gasteiger partial charge in [0.25, 0.3) is 0 Å². The lowest BCUT2D eigenvalue weighted by atomic mass is 9.83. The van der Waals surface area contributed by atoms with Crippen molar-refractivity contribution < 1.29 is 28.6 Å². The molecule has 0 radical (unpaired) electrons. The molecule has 1 saturated heterocycles. The third kappa shape index (κ3) is 4.46. The van der Waals surface area contributed by atoms with Crippen molar-refractivity contribution in [3.05, 3.63) is 34.4 Å². The van der Waals surface area contributed by atoms with Gasteiger partial charge in [0.1, 0.15) is 18.3 Å². The number of nitrogens with one attached hydrogen (secondary N) is 1. The lowest BCUT2D eigenvalue weighted by Crippen LogP contribution is -2.48. The molecule has 0 saturated carbocycles. The van der Waals surface area contributed by atoms with Crippen molar-refractivity contribution in [3.63, 3.8) is 0 Å². The van der Waals surface area contributed by atoms with E-state index in [-0.39, 0.29) is 18.5 Å². The van der Waals surface area contributed by atoms with Gasteiger partial charge in [0.15, 0.2) is 0 Å². The van der Waals surface area contributed by atoms with Crippen molar-refractivity contribution in [2.75, 3.05) is 20.1 Å². The average Bonchev–Trinajstić information content (AvgIpc) is 3.03. The van der Waals surface area contributed by atoms with Gasteiger partial charge in [-0.3, -0.25) is 0 Å². The van der Waals surface area contributed by atoms with Gasteiger partial charge >= 0.3 is 18.2 Å². The zero-order valence-corrected chi connectivity index (χ0v) is 17.5. The number of hydrogen-bond acceptors (Lipinski definition) is 6. The molecule has 2 heterocycles. The van der Waals surface area contributed by atoms with E-state index in [2.05, 4.69) is 5.32 Å². The third-order valence-electron chi connectivity index (χ3n) is 5.27. The number of benzene rings is 1. The number of rotatable bonds is 2. The summed E-state index contributed by atoms with van der Waals surface area (Å²) in [6.45, 7) is 8.42. The molecule has 0 spiro atoms. The summed E-state index contributed by atoms with van der Waals surface area (Å²) in [5.41, 5.74) is 2.68. The van der Waals surface area contributed by atoms with Gasteiger partial charge in [0, 0.05) is 38.0 Å². The van der Waals surface area contributed by atoms with E-state index in [1.807, 2.05) is 33.8 Å². The van der Waals surface area contributed by atoms with E-state index in [0.29, 0.717) is 25.1 Å². The number of piperidine rings is 1. The minimum atomic E-state index is -0.594. The van der Waals surface area contributed by atoms with Crippen molar-refractivity contribution in [1.82, 2.24) is 10.2 Å². The Labute approximate surface area is 170 Å². The van der Waals surface area contributed by atoms with Gasteiger partial charge in [-0.25, -0.2) is 14.4 Å². The zero-order chi connectivity index (χ0) is 21.3. The Bertz CT molecular complexity index is 829. The predicted octanol–water partition coefficient (Wildman–Crippen LogP) is 3.11. The summed E-state index contributed by atoms with van der Waals surface area (Å²) in [7, 11) is 1.51. The molecule has 158 valence electrons. The van der Waals surface area contributed by atoms with Gasteiger partial charge in [-0.05, 0) is 44.9 Å². The van der Waals surface area contributed by atoms with E-state index in [9.17, 15) is 14.4 Å². The molecule has 0 aliphatic carbocycles. The van der Waals surface area contributed by atoms with Crippen LogP contribution in [0.15, 0.2) is 12.1 Å². The topological polar surface area (TPSA) is 94.2 Å². The molecular formula is C21H28N2O6. The summed E-state index contributed by atoms with van der Waals surface area (Å²) in [6, 6.07) is 3.61. The molecule has 2 aliphatic heterocycles. The number of ether oxygens (including phenoxy) is 3. The standard InChI is InChI=1S/C21H28N2O6/c1-12-13(6-7-14-16(12)11-27-18(14)24)15-10-23(20(26)29-21(2,3)4)9-8-17(15)28-19(25)22-5/h6-7,15,17H,8-11H2,1-5H3,(H,22,25). The smallest absolute Gasteiger partial charge is 0.410 e. The molecule has 1 aromatic rings. The van der Waals surface area contributed by atoms with Gasteiger partial charge in [-0.2, -0.15) is 0 Å². The fourth-order valence-electron chi connectivity index (χ4n) is 3.83. The normalized spacial score (nSPS) is 21.3. The number of likely N-dealkylation sites (tertiary alicyclic amines) is 1. The van der Waals surface area contributed by atoms with Crippen LogP contribution in [0.3, 0.4) is 0 Å². The highest BCUT2D eigenvalue weighted by molar-refractivity contribution is 5.94. The van der Waals surface area contributed by atoms with Crippen LogP contribution in [0.5, 0.6) is 0 Å². The first-order valence-electron chi connectivity index (χ1n) is 9.76. The number of cyclic esters (lactones) is 1. The first-order chi connectivity index (χ1) is 13.6. The fourth-order valence-corrected chi connectivity index (χ4v) is 3.83. The van der Waals surface area contributed by atoms with E-state index in [1.54, 1.807) is 11.0 Å². The van der Waals surface area contributed by atoms with Crippen molar-refractivity contribution in [2.45, 2.75) is 58.3 Å².